The monoisotopic (exact) mass is 261 g/mol. The van der Waals surface area contributed by atoms with Crippen LogP contribution in [0.4, 0.5) is 0 Å². The minimum Gasteiger partial charge on any atom is -0.306 e. The molecule has 0 aliphatic heterocycles. The van der Waals surface area contributed by atoms with Crippen LogP contribution in [0.2, 0.25) is 5.15 Å². The predicted octanol–water partition coefficient (Wildman–Crippen LogP) is 1.83. The molecular formula is C13H12ClN3O. The lowest BCUT2D eigenvalue weighted by Crippen LogP contribution is -2.23. The van der Waals surface area contributed by atoms with Crippen molar-refractivity contribution in [1.29, 1.82) is 0 Å². The van der Waals surface area contributed by atoms with Gasteiger partial charge in [-0.15, -0.1) is 0 Å². The van der Waals surface area contributed by atoms with Crippen molar-refractivity contribution in [1.82, 2.24) is 14.5 Å². The summed E-state index contributed by atoms with van der Waals surface area (Å²) in [6.07, 6.45) is 6.26. The van der Waals surface area contributed by atoms with E-state index in [0.717, 1.165) is 30.7 Å². The van der Waals surface area contributed by atoms with Crippen LogP contribution < -0.4 is 5.56 Å². The second-order valence-electron chi connectivity index (χ2n) is 4.41. The van der Waals surface area contributed by atoms with Gasteiger partial charge in [-0.1, -0.05) is 17.7 Å². The first-order valence-corrected chi connectivity index (χ1v) is 6.30. The summed E-state index contributed by atoms with van der Waals surface area (Å²) >= 11 is 5.70. The topological polar surface area (TPSA) is 47.8 Å². The van der Waals surface area contributed by atoms with E-state index >= 15 is 0 Å². The van der Waals surface area contributed by atoms with Gasteiger partial charge >= 0.3 is 0 Å². The Morgan fingerprint density at radius 3 is 2.89 bits per heavy atom. The summed E-state index contributed by atoms with van der Waals surface area (Å²) in [5.74, 6) is 0. The van der Waals surface area contributed by atoms with E-state index in [-0.39, 0.29) is 5.56 Å². The molecule has 18 heavy (non-hydrogen) atoms. The van der Waals surface area contributed by atoms with Crippen LogP contribution in [-0.4, -0.2) is 14.5 Å². The van der Waals surface area contributed by atoms with Gasteiger partial charge in [0.25, 0.3) is 5.56 Å². The SMILES string of the molecule is O=c1ccc2c(n1Cc1cnc(Cl)cn1)CCC2. The highest BCUT2D eigenvalue weighted by Crippen LogP contribution is 2.20. The Kier molecular flexibility index (Phi) is 2.88. The van der Waals surface area contributed by atoms with Crippen molar-refractivity contribution >= 4 is 11.6 Å². The van der Waals surface area contributed by atoms with Gasteiger partial charge in [0, 0.05) is 11.8 Å². The van der Waals surface area contributed by atoms with E-state index in [1.54, 1.807) is 16.8 Å². The number of rotatable bonds is 2. The number of halogens is 1. The van der Waals surface area contributed by atoms with E-state index in [1.165, 1.54) is 11.8 Å². The second-order valence-corrected chi connectivity index (χ2v) is 4.80. The average molecular weight is 262 g/mol. The van der Waals surface area contributed by atoms with E-state index < -0.39 is 0 Å². The molecule has 0 atom stereocenters. The molecule has 0 N–H and O–H groups in total. The minimum atomic E-state index is 0.0207. The lowest BCUT2D eigenvalue weighted by Gasteiger charge is -2.11. The van der Waals surface area contributed by atoms with Gasteiger partial charge in [0.15, 0.2) is 0 Å². The first kappa shape index (κ1) is 11.4. The number of pyridine rings is 1. The van der Waals surface area contributed by atoms with Crippen molar-refractivity contribution in [2.75, 3.05) is 0 Å². The summed E-state index contributed by atoms with van der Waals surface area (Å²) in [5, 5.41) is 0.365. The van der Waals surface area contributed by atoms with E-state index in [1.807, 2.05) is 6.07 Å². The lowest BCUT2D eigenvalue weighted by molar-refractivity contribution is 0.690. The number of hydrogen-bond donors (Lipinski definition) is 0. The number of nitrogens with zero attached hydrogens (tertiary/aromatic N) is 3. The molecule has 0 unspecified atom stereocenters. The van der Waals surface area contributed by atoms with Crippen LogP contribution in [0, 0.1) is 0 Å². The van der Waals surface area contributed by atoms with Crippen molar-refractivity contribution < 1.29 is 0 Å². The van der Waals surface area contributed by atoms with E-state index in [0.29, 0.717) is 11.7 Å². The van der Waals surface area contributed by atoms with Crippen molar-refractivity contribution in [3.8, 4) is 0 Å². The van der Waals surface area contributed by atoms with Crippen LogP contribution in [0.1, 0.15) is 23.4 Å². The summed E-state index contributed by atoms with van der Waals surface area (Å²) < 4.78 is 1.79. The van der Waals surface area contributed by atoms with Gasteiger partial charge < -0.3 is 4.57 Å². The molecule has 0 saturated heterocycles. The molecule has 1 aliphatic carbocycles. The Hall–Kier alpha value is -1.68. The predicted molar refractivity (Wildman–Crippen MR) is 68.9 cm³/mol. The fourth-order valence-corrected chi connectivity index (χ4v) is 2.49. The standard InChI is InChI=1S/C13H12ClN3O/c14-12-7-15-10(6-16-12)8-17-11-3-1-2-9(11)4-5-13(17)18/h4-7H,1-3,8H2. The summed E-state index contributed by atoms with van der Waals surface area (Å²) in [5.41, 5.74) is 3.19. The van der Waals surface area contributed by atoms with Crippen molar-refractivity contribution in [3.05, 3.63) is 57.0 Å². The molecule has 0 fully saturated rings. The van der Waals surface area contributed by atoms with Crippen LogP contribution in [0.3, 0.4) is 0 Å². The average Bonchev–Trinajstić information content (AvgIpc) is 2.84. The maximum Gasteiger partial charge on any atom is 0.251 e. The Morgan fingerprint density at radius 1 is 1.22 bits per heavy atom. The zero-order chi connectivity index (χ0) is 12.5. The molecule has 0 aromatic carbocycles. The maximum atomic E-state index is 11.9. The normalized spacial score (nSPS) is 13.6. The fraction of sp³-hybridized carbons (Fsp3) is 0.308. The van der Waals surface area contributed by atoms with Gasteiger partial charge in [0.1, 0.15) is 5.15 Å². The smallest absolute Gasteiger partial charge is 0.251 e. The third kappa shape index (κ3) is 2.04. The summed E-state index contributed by atoms with van der Waals surface area (Å²) in [6, 6.07) is 3.57. The molecule has 2 aromatic rings. The van der Waals surface area contributed by atoms with Gasteiger partial charge in [-0.05, 0) is 24.8 Å². The van der Waals surface area contributed by atoms with Gasteiger partial charge in [0.05, 0.1) is 24.6 Å². The molecule has 4 nitrogen and oxygen atoms in total. The van der Waals surface area contributed by atoms with Gasteiger partial charge in [-0.3, -0.25) is 9.78 Å². The first-order valence-electron chi connectivity index (χ1n) is 5.92. The molecule has 0 saturated carbocycles. The van der Waals surface area contributed by atoms with Crippen LogP contribution in [-0.2, 0) is 19.4 Å². The highest BCUT2D eigenvalue weighted by atomic mass is 35.5. The minimum absolute atomic E-state index is 0.0207. The molecule has 2 aromatic heterocycles. The summed E-state index contributed by atoms with van der Waals surface area (Å²) in [6.45, 7) is 0.464. The molecule has 0 spiro atoms. The molecule has 1 aliphatic rings. The van der Waals surface area contributed by atoms with Gasteiger partial charge in [-0.2, -0.15) is 0 Å². The zero-order valence-corrected chi connectivity index (χ0v) is 10.5. The van der Waals surface area contributed by atoms with Crippen LogP contribution in [0.5, 0.6) is 0 Å². The Bertz CT molecular complexity index is 634. The number of hydrogen-bond acceptors (Lipinski definition) is 3. The highest BCUT2D eigenvalue weighted by molar-refractivity contribution is 6.29. The quantitative estimate of drug-likeness (QED) is 0.829. The maximum absolute atomic E-state index is 11.9. The fourth-order valence-electron chi connectivity index (χ4n) is 2.39. The summed E-state index contributed by atoms with van der Waals surface area (Å²) in [7, 11) is 0. The second kappa shape index (κ2) is 4.53. The van der Waals surface area contributed by atoms with Crippen LogP contribution in [0.15, 0.2) is 29.3 Å². The third-order valence-corrected chi connectivity index (χ3v) is 3.44. The van der Waals surface area contributed by atoms with Crippen molar-refractivity contribution in [3.63, 3.8) is 0 Å². The van der Waals surface area contributed by atoms with E-state index in [2.05, 4.69) is 9.97 Å². The molecule has 2 heterocycles. The van der Waals surface area contributed by atoms with Crippen LogP contribution in [0.25, 0.3) is 0 Å². The van der Waals surface area contributed by atoms with E-state index in [4.69, 9.17) is 11.6 Å². The lowest BCUT2D eigenvalue weighted by atomic mass is 10.2. The molecular weight excluding hydrogens is 250 g/mol. The molecule has 0 radical (unpaired) electrons. The Morgan fingerprint density at radius 2 is 2.11 bits per heavy atom. The molecule has 0 amide bonds. The van der Waals surface area contributed by atoms with E-state index in [9.17, 15) is 4.79 Å². The Balaban J connectivity index is 2.00. The molecule has 0 bridgehead atoms. The highest BCUT2D eigenvalue weighted by Gasteiger charge is 2.16. The summed E-state index contributed by atoms with van der Waals surface area (Å²) in [4.78, 5) is 20.1. The number of aromatic nitrogens is 3. The zero-order valence-electron chi connectivity index (χ0n) is 9.77. The molecule has 92 valence electrons. The number of aryl methyl sites for hydroxylation is 1. The van der Waals surface area contributed by atoms with Gasteiger partial charge in [-0.25, -0.2) is 4.98 Å². The third-order valence-electron chi connectivity index (χ3n) is 3.24. The largest absolute Gasteiger partial charge is 0.306 e. The Labute approximate surface area is 109 Å². The van der Waals surface area contributed by atoms with Crippen molar-refractivity contribution in [2.24, 2.45) is 0 Å². The first-order chi connectivity index (χ1) is 8.74. The van der Waals surface area contributed by atoms with Crippen LogP contribution >= 0.6 is 11.6 Å². The van der Waals surface area contributed by atoms with Gasteiger partial charge in [0.2, 0.25) is 0 Å². The molecule has 3 rings (SSSR count). The molecule has 5 heteroatoms. The van der Waals surface area contributed by atoms with Crippen molar-refractivity contribution in [2.45, 2.75) is 25.8 Å². The number of fused-ring (bicyclic) bond motifs is 1.